The van der Waals surface area contributed by atoms with Crippen molar-refractivity contribution in [2.24, 2.45) is 5.92 Å². The molecule has 2 aromatic rings. The van der Waals surface area contributed by atoms with Crippen LogP contribution >= 0.6 is 0 Å². The van der Waals surface area contributed by atoms with Gasteiger partial charge in [0.05, 0.1) is 17.3 Å². The van der Waals surface area contributed by atoms with Crippen molar-refractivity contribution in [3.8, 4) is 0 Å². The minimum atomic E-state index is -0.390. The molecule has 1 aliphatic carbocycles. The van der Waals surface area contributed by atoms with Crippen molar-refractivity contribution in [1.29, 1.82) is 0 Å². The number of hydrazine groups is 1. The van der Waals surface area contributed by atoms with Gasteiger partial charge in [0.2, 0.25) is 0 Å². The minimum absolute atomic E-state index is 0.0150. The van der Waals surface area contributed by atoms with Gasteiger partial charge in [-0.15, -0.1) is 0 Å². The number of hydrogen-bond donors (Lipinski definition) is 1. The van der Waals surface area contributed by atoms with Gasteiger partial charge in [-0.1, -0.05) is 82.3 Å². The molecule has 4 heteroatoms. The molecule has 1 saturated carbocycles. The summed E-state index contributed by atoms with van der Waals surface area (Å²) in [5.74, 6) is 0.330. The first-order valence-corrected chi connectivity index (χ1v) is 11.9. The molecule has 1 amide bonds. The van der Waals surface area contributed by atoms with Gasteiger partial charge in [-0.25, -0.2) is 5.01 Å². The smallest absolute Gasteiger partial charge is 0.253 e. The van der Waals surface area contributed by atoms with Crippen molar-refractivity contribution in [3.05, 3.63) is 59.2 Å². The van der Waals surface area contributed by atoms with E-state index in [0.29, 0.717) is 18.8 Å². The van der Waals surface area contributed by atoms with Gasteiger partial charge in [-0.05, 0) is 41.5 Å². The highest BCUT2D eigenvalue weighted by molar-refractivity contribution is 6.09. The molecule has 1 atom stereocenters. The summed E-state index contributed by atoms with van der Waals surface area (Å²) in [6.45, 7) is 4.23. The van der Waals surface area contributed by atoms with Crippen LogP contribution in [0.25, 0.3) is 0 Å². The predicted molar refractivity (Wildman–Crippen MR) is 126 cm³/mol. The summed E-state index contributed by atoms with van der Waals surface area (Å²) in [7, 11) is 0. The number of para-hydroxylation sites is 2. The number of aryl methyl sites for hydroxylation is 2. The summed E-state index contributed by atoms with van der Waals surface area (Å²) in [6, 6.07) is 14.2. The molecule has 164 valence electrons. The van der Waals surface area contributed by atoms with Crippen LogP contribution in [0.4, 0.5) is 11.4 Å². The minimum Gasteiger partial charge on any atom is -0.300 e. The molecule has 1 aliphatic heterocycles. The van der Waals surface area contributed by atoms with E-state index in [1.165, 1.54) is 24.8 Å². The van der Waals surface area contributed by atoms with Crippen molar-refractivity contribution in [2.75, 3.05) is 10.4 Å². The Morgan fingerprint density at radius 3 is 2.39 bits per heavy atom. The molecule has 2 aliphatic rings. The van der Waals surface area contributed by atoms with E-state index in [1.807, 2.05) is 30.3 Å². The van der Waals surface area contributed by atoms with Crippen LogP contribution < -0.4 is 10.4 Å². The molecule has 2 aromatic carbocycles. The maximum Gasteiger partial charge on any atom is 0.253 e. The van der Waals surface area contributed by atoms with Crippen LogP contribution in [0.2, 0.25) is 0 Å². The second kappa shape index (κ2) is 9.67. The van der Waals surface area contributed by atoms with E-state index in [4.69, 9.17) is 0 Å². The van der Waals surface area contributed by atoms with Gasteiger partial charge in [0.15, 0.2) is 0 Å². The van der Waals surface area contributed by atoms with E-state index < -0.39 is 0 Å². The Hall–Kier alpha value is -2.62. The molecule has 0 radical (unpaired) electrons. The first kappa shape index (κ1) is 21.6. The number of anilines is 2. The Morgan fingerprint density at radius 2 is 1.65 bits per heavy atom. The zero-order valence-corrected chi connectivity index (χ0v) is 18.8. The summed E-state index contributed by atoms with van der Waals surface area (Å²) >= 11 is 0. The van der Waals surface area contributed by atoms with Gasteiger partial charge in [-0.3, -0.25) is 15.0 Å². The molecule has 1 unspecified atom stereocenters. The van der Waals surface area contributed by atoms with Gasteiger partial charge < -0.3 is 0 Å². The first-order chi connectivity index (χ1) is 15.1. The number of rotatable bonds is 8. The Bertz CT molecular complexity index is 946. The second-order valence-corrected chi connectivity index (χ2v) is 9.01. The number of ketones is 1. The Balaban J connectivity index is 1.59. The highest BCUT2D eigenvalue weighted by atomic mass is 16.2. The summed E-state index contributed by atoms with van der Waals surface area (Å²) in [4.78, 5) is 26.5. The van der Waals surface area contributed by atoms with Crippen LogP contribution in [-0.4, -0.2) is 11.7 Å². The Morgan fingerprint density at radius 1 is 0.935 bits per heavy atom. The molecular weight excluding hydrogens is 384 g/mol. The fourth-order valence-electron chi connectivity index (χ4n) is 5.24. The summed E-state index contributed by atoms with van der Waals surface area (Å²) in [5.41, 5.74) is 8.58. The lowest BCUT2D eigenvalue weighted by molar-refractivity contribution is -0.125. The summed E-state index contributed by atoms with van der Waals surface area (Å²) in [6.07, 6.45) is 8.73. The largest absolute Gasteiger partial charge is 0.300 e. The number of carbonyl (C=O) groups is 2. The number of hydrogen-bond acceptors (Lipinski definition) is 3. The monoisotopic (exact) mass is 418 g/mol. The van der Waals surface area contributed by atoms with Gasteiger partial charge >= 0.3 is 0 Å². The number of Topliss-reactive ketones (excluding diaryl/α,β-unsaturated/α-hetero) is 1. The third-order valence-corrected chi connectivity index (χ3v) is 6.95. The molecular formula is C27H34N2O2. The average molecular weight is 419 g/mol. The Labute approximate surface area is 186 Å². The molecule has 4 nitrogen and oxygen atoms in total. The maximum atomic E-state index is 13.6. The lowest BCUT2D eigenvalue weighted by Crippen LogP contribution is -2.35. The lowest BCUT2D eigenvalue weighted by atomic mass is 9.83. The predicted octanol–water partition coefficient (Wildman–Crippen LogP) is 6.20. The first-order valence-electron chi connectivity index (χ1n) is 11.9. The molecule has 0 spiro atoms. The van der Waals surface area contributed by atoms with Crippen LogP contribution in [0, 0.1) is 5.92 Å². The maximum absolute atomic E-state index is 13.6. The fourth-order valence-corrected chi connectivity index (χ4v) is 5.24. The van der Waals surface area contributed by atoms with E-state index in [1.54, 1.807) is 5.01 Å². The molecule has 0 saturated heterocycles. The van der Waals surface area contributed by atoms with Gasteiger partial charge in [-0.2, -0.15) is 0 Å². The van der Waals surface area contributed by atoms with Crippen molar-refractivity contribution >= 4 is 23.1 Å². The Kier molecular flexibility index (Phi) is 6.74. The topological polar surface area (TPSA) is 49.4 Å². The quantitative estimate of drug-likeness (QED) is 0.555. The standard InChI is InChI=1S/C27H34N2O2/c1-3-20-13-8-9-16-25(20)28-29-26-21(4-2)14-10-15-23(26)24(27(29)31)18-22(30)17-19-11-6-5-7-12-19/h8-10,13-16,19,24,28H,3-7,11-12,17-18H2,1-2H3. The van der Waals surface area contributed by atoms with Crippen LogP contribution in [0.5, 0.6) is 0 Å². The molecule has 1 N–H and O–H groups in total. The van der Waals surface area contributed by atoms with Crippen LogP contribution in [0.15, 0.2) is 42.5 Å². The van der Waals surface area contributed by atoms with Crippen LogP contribution in [-0.2, 0) is 22.4 Å². The molecule has 0 aromatic heterocycles. The summed E-state index contributed by atoms with van der Waals surface area (Å²) < 4.78 is 0. The van der Waals surface area contributed by atoms with Crippen molar-refractivity contribution in [1.82, 2.24) is 0 Å². The van der Waals surface area contributed by atoms with Crippen molar-refractivity contribution in [3.63, 3.8) is 0 Å². The van der Waals surface area contributed by atoms with Gasteiger partial charge in [0.25, 0.3) is 5.91 Å². The number of fused-ring (bicyclic) bond motifs is 1. The zero-order chi connectivity index (χ0) is 21.8. The number of nitrogens with one attached hydrogen (secondary N) is 1. The van der Waals surface area contributed by atoms with E-state index in [2.05, 4.69) is 31.4 Å². The zero-order valence-electron chi connectivity index (χ0n) is 18.8. The van der Waals surface area contributed by atoms with Crippen molar-refractivity contribution in [2.45, 2.75) is 77.6 Å². The summed E-state index contributed by atoms with van der Waals surface area (Å²) in [5, 5.41) is 1.71. The van der Waals surface area contributed by atoms with E-state index in [-0.39, 0.29) is 17.6 Å². The molecule has 0 bridgehead atoms. The molecule has 1 fully saturated rings. The number of amides is 1. The van der Waals surface area contributed by atoms with Gasteiger partial charge in [0, 0.05) is 12.8 Å². The molecule has 4 rings (SSSR count). The van der Waals surface area contributed by atoms with E-state index in [9.17, 15) is 9.59 Å². The third kappa shape index (κ3) is 4.53. The molecule has 31 heavy (non-hydrogen) atoms. The normalized spacial score (nSPS) is 18.8. The van der Waals surface area contributed by atoms with Crippen molar-refractivity contribution < 1.29 is 9.59 Å². The fraction of sp³-hybridized carbons (Fsp3) is 0.481. The highest BCUT2D eigenvalue weighted by Gasteiger charge is 2.40. The average Bonchev–Trinajstić information content (AvgIpc) is 3.06. The van der Waals surface area contributed by atoms with Crippen LogP contribution in [0.1, 0.15) is 81.4 Å². The highest BCUT2D eigenvalue weighted by Crippen LogP contribution is 2.42. The van der Waals surface area contributed by atoms with E-state index in [0.717, 1.165) is 48.2 Å². The SMILES string of the molecule is CCc1ccccc1NN1C(=O)C(CC(=O)CC2CCCCC2)c2cccc(CC)c21. The third-order valence-electron chi connectivity index (χ3n) is 6.95. The van der Waals surface area contributed by atoms with Crippen LogP contribution in [0.3, 0.4) is 0 Å². The number of carbonyl (C=O) groups excluding carboxylic acids is 2. The number of nitrogens with zero attached hydrogens (tertiary/aromatic N) is 1. The molecule has 1 heterocycles. The number of benzene rings is 2. The van der Waals surface area contributed by atoms with Gasteiger partial charge in [0.1, 0.15) is 5.78 Å². The van der Waals surface area contributed by atoms with E-state index >= 15 is 0 Å². The second-order valence-electron chi connectivity index (χ2n) is 9.01. The lowest BCUT2D eigenvalue weighted by Gasteiger charge is -2.24.